The second kappa shape index (κ2) is 11.0. The van der Waals surface area contributed by atoms with Crippen molar-refractivity contribution in [3.63, 3.8) is 0 Å². The van der Waals surface area contributed by atoms with Crippen molar-refractivity contribution in [2.75, 3.05) is 26.6 Å². The highest BCUT2D eigenvalue weighted by molar-refractivity contribution is 6.10. The molecule has 0 saturated carbocycles. The van der Waals surface area contributed by atoms with Gasteiger partial charge in [0.05, 0.1) is 27.9 Å². The molecule has 3 rings (SSSR count). The molecular formula is C25H28N4O4. The van der Waals surface area contributed by atoms with Gasteiger partial charge >= 0.3 is 0 Å². The van der Waals surface area contributed by atoms with Crippen LogP contribution in [0.4, 0.5) is 5.69 Å². The molecule has 1 amide bonds. The Morgan fingerprint density at radius 3 is 2.18 bits per heavy atom. The maximum atomic E-state index is 13.1. The Morgan fingerprint density at radius 1 is 0.970 bits per heavy atom. The fourth-order valence-corrected chi connectivity index (χ4v) is 3.35. The summed E-state index contributed by atoms with van der Waals surface area (Å²) in [6.07, 6.45) is 3.44. The van der Waals surface area contributed by atoms with E-state index in [1.54, 1.807) is 24.5 Å². The topological polar surface area (TPSA) is 94.1 Å². The van der Waals surface area contributed by atoms with Gasteiger partial charge in [-0.05, 0) is 60.9 Å². The number of pyridine rings is 1. The Balaban J connectivity index is 1.91. The van der Waals surface area contributed by atoms with E-state index in [4.69, 9.17) is 14.2 Å². The summed E-state index contributed by atoms with van der Waals surface area (Å²) >= 11 is 0. The van der Waals surface area contributed by atoms with Gasteiger partial charge in [0.15, 0.2) is 11.5 Å². The molecule has 0 aliphatic carbocycles. The number of ether oxygens (including phenoxy) is 3. The SMILES string of the molecule is COc1cc(C(=O)NC(=NCc2cccnc2)Nc2cc(C)cc(C)c2)cc(OC)c1OC. The van der Waals surface area contributed by atoms with Crippen LogP contribution >= 0.6 is 0 Å². The van der Waals surface area contributed by atoms with Gasteiger partial charge in [-0.2, -0.15) is 0 Å². The third kappa shape index (κ3) is 6.22. The van der Waals surface area contributed by atoms with Crippen LogP contribution in [-0.4, -0.2) is 38.2 Å². The molecule has 0 saturated heterocycles. The lowest BCUT2D eigenvalue weighted by Gasteiger charge is -2.16. The number of carbonyl (C=O) groups excluding carboxylic acids is 1. The molecule has 2 aromatic carbocycles. The molecule has 0 spiro atoms. The number of carbonyl (C=O) groups is 1. The van der Waals surface area contributed by atoms with Gasteiger partial charge in [-0.15, -0.1) is 0 Å². The summed E-state index contributed by atoms with van der Waals surface area (Å²) in [5.74, 6) is 1.12. The average molecular weight is 449 g/mol. The molecule has 8 nitrogen and oxygen atoms in total. The van der Waals surface area contributed by atoms with Gasteiger partial charge in [0.25, 0.3) is 5.91 Å². The molecule has 1 heterocycles. The van der Waals surface area contributed by atoms with Gasteiger partial charge in [0.1, 0.15) is 0 Å². The van der Waals surface area contributed by atoms with Crippen LogP contribution < -0.4 is 24.8 Å². The zero-order chi connectivity index (χ0) is 23.8. The first-order valence-corrected chi connectivity index (χ1v) is 10.3. The van der Waals surface area contributed by atoms with Gasteiger partial charge in [-0.1, -0.05) is 12.1 Å². The van der Waals surface area contributed by atoms with Crippen molar-refractivity contribution in [1.82, 2.24) is 10.3 Å². The fourth-order valence-electron chi connectivity index (χ4n) is 3.35. The second-order valence-electron chi connectivity index (χ2n) is 7.40. The van der Waals surface area contributed by atoms with E-state index in [0.29, 0.717) is 35.3 Å². The van der Waals surface area contributed by atoms with Crippen molar-refractivity contribution in [1.29, 1.82) is 0 Å². The Morgan fingerprint density at radius 2 is 1.64 bits per heavy atom. The number of nitrogens with one attached hydrogen (secondary N) is 2. The molecule has 3 aromatic rings. The van der Waals surface area contributed by atoms with E-state index in [2.05, 4.69) is 26.7 Å². The van der Waals surface area contributed by atoms with Crippen LogP contribution in [0.5, 0.6) is 17.2 Å². The molecule has 0 aliphatic heterocycles. The van der Waals surface area contributed by atoms with E-state index in [-0.39, 0.29) is 5.91 Å². The summed E-state index contributed by atoms with van der Waals surface area (Å²) < 4.78 is 16.1. The van der Waals surface area contributed by atoms with Crippen LogP contribution in [-0.2, 0) is 6.54 Å². The first kappa shape index (κ1) is 23.6. The Bertz CT molecular complexity index is 1100. The van der Waals surface area contributed by atoms with E-state index in [0.717, 1.165) is 22.4 Å². The van der Waals surface area contributed by atoms with Crippen LogP contribution in [0.15, 0.2) is 59.9 Å². The number of anilines is 1. The second-order valence-corrected chi connectivity index (χ2v) is 7.40. The highest BCUT2D eigenvalue weighted by Crippen LogP contribution is 2.38. The maximum Gasteiger partial charge on any atom is 0.258 e. The van der Waals surface area contributed by atoms with E-state index < -0.39 is 0 Å². The van der Waals surface area contributed by atoms with Crippen molar-refractivity contribution in [3.8, 4) is 17.2 Å². The molecule has 0 aliphatic rings. The number of aromatic nitrogens is 1. The summed E-state index contributed by atoms with van der Waals surface area (Å²) in [5.41, 5.74) is 4.27. The standard InChI is InChI=1S/C25H28N4O4/c1-16-9-17(2)11-20(10-16)28-25(27-15-18-7-6-8-26-14-18)29-24(30)19-12-21(31-3)23(33-5)22(13-19)32-4/h6-14H,15H2,1-5H3,(H2,27,28,29,30). The van der Waals surface area contributed by atoms with Gasteiger partial charge in [-0.25, -0.2) is 4.99 Å². The van der Waals surface area contributed by atoms with Crippen molar-refractivity contribution in [3.05, 3.63) is 77.1 Å². The van der Waals surface area contributed by atoms with E-state index in [1.807, 2.05) is 38.1 Å². The van der Waals surface area contributed by atoms with Gasteiger partial charge in [0, 0.05) is 23.6 Å². The van der Waals surface area contributed by atoms with Crippen molar-refractivity contribution in [2.45, 2.75) is 20.4 Å². The lowest BCUT2D eigenvalue weighted by atomic mass is 10.1. The predicted octanol–water partition coefficient (Wildman–Crippen LogP) is 4.12. The number of rotatable bonds is 7. The number of amides is 1. The monoisotopic (exact) mass is 448 g/mol. The number of methoxy groups -OCH3 is 3. The molecule has 2 N–H and O–H groups in total. The Kier molecular flexibility index (Phi) is 7.86. The lowest BCUT2D eigenvalue weighted by molar-refractivity contribution is 0.0976. The Labute approximate surface area is 193 Å². The molecule has 0 atom stereocenters. The summed E-state index contributed by atoms with van der Waals surface area (Å²) in [7, 11) is 4.51. The molecule has 8 heteroatoms. The quantitative estimate of drug-likeness (QED) is 0.417. The molecule has 0 bridgehead atoms. The zero-order valence-corrected chi connectivity index (χ0v) is 19.4. The minimum atomic E-state index is -0.379. The molecule has 172 valence electrons. The van der Waals surface area contributed by atoms with E-state index in [1.165, 1.54) is 21.3 Å². The molecule has 0 radical (unpaired) electrons. The minimum Gasteiger partial charge on any atom is -0.493 e. The fraction of sp³-hybridized carbons (Fsp3) is 0.240. The summed E-state index contributed by atoms with van der Waals surface area (Å²) in [6, 6.07) is 13.0. The van der Waals surface area contributed by atoms with Gasteiger partial charge < -0.3 is 19.5 Å². The predicted molar refractivity (Wildman–Crippen MR) is 128 cm³/mol. The molecule has 1 aromatic heterocycles. The summed E-state index contributed by atoms with van der Waals surface area (Å²) in [6.45, 7) is 4.37. The number of guanidine groups is 1. The van der Waals surface area contributed by atoms with Crippen LogP contribution in [0, 0.1) is 13.8 Å². The number of aliphatic imine (C=N–C) groups is 1. The van der Waals surface area contributed by atoms with E-state index in [9.17, 15) is 4.79 Å². The third-order valence-corrected chi connectivity index (χ3v) is 4.79. The number of aryl methyl sites for hydroxylation is 2. The summed E-state index contributed by atoms with van der Waals surface area (Å²) in [4.78, 5) is 21.8. The maximum absolute atomic E-state index is 13.1. The van der Waals surface area contributed by atoms with Crippen LogP contribution in [0.2, 0.25) is 0 Å². The molecule has 0 fully saturated rings. The van der Waals surface area contributed by atoms with Gasteiger partial charge in [0.2, 0.25) is 11.7 Å². The molecular weight excluding hydrogens is 420 g/mol. The smallest absolute Gasteiger partial charge is 0.258 e. The number of benzene rings is 2. The zero-order valence-electron chi connectivity index (χ0n) is 19.4. The Hall–Kier alpha value is -4.07. The highest BCUT2D eigenvalue weighted by Gasteiger charge is 2.18. The van der Waals surface area contributed by atoms with Crippen LogP contribution in [0.25, 0.3) is 0 Å². The number of nitrogens with zero attached hydrogens (tertiary/aromatic N) is 2. The van der Waals surface area contributed by atoms with Crippen LogP contribution in [0.1, 0.15) is 27.0 Å². The first-order chi connectivity index (χ1) is 15.9. The normalized spacial score (nSPS) is 11.0. The largest absolute Gasteiger partial charge is 0.493 e. The van der Waals surface area contributed by atoms with Gasteiger partial charge in [-0.3, -0.25) is 15.1 Å². The first-order valence-electron chi connectivity index (χ1n) is 10.3. The molecule has 33 heavy (non-hydrogen) atoms. The average Bonchev–Trinajstić information content (AvgIpc) is 2.81. The summed E-state index contributed by atoms with van der Waals surface area (Å²) in [5, 5.41) is 6.08. The van der Waals surface area contributed by atoms with Crippen molar-refractivity contribution >= 4 is 17.6 Å². The minimum absolute atomic E-state index is 0.308. The number of hydrogen-bond donors (Lipinski definition) is 2. The third-order valence-electron chi connectivity index (χ3n) is 4.79. The number of hydrogen-bond acceptors (Lipinski definition) is 6. The van der Waals surface area contributed by atoms with Crippen molar-refractivity contribution in [2.24, 2.45) is 4.99 Å². The highest BCUT2D eigenvalue weighted by atomic mass is 16.5. The molecule has 0 unspecified atom stereocenters. The van der Waals surface area contributed by atoms with E-state index >= 15 is 0 Å². The van der Waals surface area contributed by atoms with Crippen molar-refractivity contribution < 1.29 is 19.0 Å². The lowest BCUT2D eigenvalue weighted by Crippen LogP contribution is -2.36. The van der Waals surface area contributed by atoms with Crippen LogP contribution in [0.3, 0.4) is 0 Å².